The maximum absolute atomic E-state index is 13.2. The van der Waals surface area contributed by atoms with Gasteiger partial charge in [-0.15, -0.1) is 11.8 Å². The third kappa shape index (κ3) is 10.6. The molecule has 0 fully saturated rings. The summed E-state index contributed by atoms with van der Waals surface area (Å²) in [5.41, 5.74) is 0.999. The number of thioether (sulfide) groups is 1. The fourth-order valence-electron chi connectivity index (χ4n) is 4.23. The van der Waals surface area contributed by atoms with E-state index in [-0.39, 0.29) is 23.1 Å². The number of esters is 1. The van der Waals surface area contributed by atoms with E-state index in [1.54, 1.807) is 0 Å². The topological polar surface area (TPSA) is 52.6 Å². The fourth-order valence-corrected chi connectivity index (χ4v) is 5.58. The highest BCUT2D eigenvalue weighted by Crippen LogP contribution is 2.40. The highest BCUT2D eigenvalue weighted by Gasteiger charge is 2.34. The van der Waals surface area contributed by atoms with Crippen LogP contribution in [0.25, 0.3) is 0 Å². The molecule has 6 heteroatoms. The monoisotopic (exact) mass is 508 g/mol. The van der Waals surface area contributed by atoms with Gasteiger partial charge in [0.2, 0.25) is 9.04 Å². The van der Waals surface area contributed by atoms with Gasteiger partial charge in [0.15, 0.2) is 5.78 Å². The van der Waals surface area contributed by atoms with Crippen LogP contribution in [0.3, 0.4) is 0 Å². The van der Waals surface area contributed by atoms with Crippen LogP contribution in [-0.4, -0.2) is 34.2 Å². The molecule has 0 aromatic rings. The van der Waals surface area contributed by atoms with Crippen LogP contribution in [0, 0.1) is 17.3 Å². The van der Waals surface area contributed by atoms with E-state index in [4.69, 9.17) is 9.16 Å². The molecular weight excluding hydrogens is 460 g/mol. The number of carbonyl (C=O) groups excluding carboxylic acids is 2. The lowest BCUT2D eigenvalue weighted by molar-refractivity contribution is -0.140. The summed E-state index contributed by atoms with van der Waals surface area (Å²) >= 11 is 1.53. The second-order valence-corrected chi connectivity index (χ2v) is 13.8. The molecule has 1 rings (SSSR count). The molecule has 0 N–H and O–H groups in total. The van der Waals surface area contributed by atoms with Crippen molar-refractivity contribution in [1.29, 1.82) is 0 Å². The number of hydrogen-bond donors (Lipinski definition) is 0. The first-order valence-corrected chi connectivity index (χ1v) is 17.0. The summed E-state index contributed by atoms with van der Waals surface area (Å²) < 4.78 is 11.2. The van der Waals surface area contributed by atoms with Gasteiger partial charge in [-0.25, -0.2) is 0 Å². The Balaban J connectivity index is 3.14. The summed E-state index contributed by atoms with van der Waals surface area (Å²) in [5.74, 6) is 1.28. The van der Waals surface area contributed by atoms with Gasteiger partial charge in [-0.1, -0.05) is 65.5 Å². The quantitative estimate of drug-likeness (QED) is 0.0749. The van der Waals surface area contributed by atoms with Crippen molar-refractivity contribution in [3.63, 3.8) is 0 Å². The van der Waals surface area contributed by atoms with E-state index in [9.17, 15) is 9.59 Å². The van der Waals surface area contributed by atoms with Gasteiger partial charge in [-0.3, -0.25) is 9.59 Å². The Morgan fingerprint density at radius 3 is 2.44 bits per heavy atom. The number of rotatable bonds is 15. The summed E-state index contributed by atoms with van der Waals surface area (Å²) in [6, 6.07) is 0. The predicted octanol–water partition coefficient (Wildman–Crippen LogP) is 7.61. The van der Waals surface area contributed by atoms with Crippen molar-refractivity contribution in [2.24, 2.45) is 17.3 Å². The van der Waals surface area contributed by atoms with E-state index in [1.165, 1.54) is 38.1 Å². The lowest BCUT2D eigenvalue weighted by Gasteiger charge is -2.31. The van der Waals surface area contributed by atoms with E-state index in [1.807, 2.05) is 6.26 Å². The summed E-state index contributed by atoms with van der Waals surface area (Å²) in [6.45, 7) is 13.5. The number of Topliss-reactive ketones (excluding diaryl/α,β-unsaturated/α-hetero) is 1. The van der Waals surface area contributed by atoms with Crippen molar-refractivity contribution in [3.8, 4) is 0 Å². The smallest absolute Gasteiger partial charge is 0.305 e. The van der Waals surface area contributed by atoms with Gasteiger partial charge in [-0.05, 0) is 62.4 Å². The summed E-state index contributed by atoms with van der Waals surface area (Å²) in [7, 11) is 0.0767. The van der Waals surface area contributed by atoms with Crippen molar-refractivity contribution in [3.05, 3.63) is 34.5 Å². The number of methoxy groups -OCH3 is 1. The molecule has 0 aromatic heterocycles. The van der Waals surface area contributed by atoms with Gasteiger partial charge in [-0.2, -0.15) is 0 Å². The molecule has 0 heterocycles. The minimum Gasteiger partial charge on any atom is -0.549 e. The zero-order valence-corrected chi connectivity index (χ0v) is 24.8. The molecule has 0 amide bonds. The Labute approximate surface area is 214 Å². The first-order chi connectivity index (χ1) is 16.0. The molecule has 0 saturated heterocycles. The van der Waals surface area contributed by atoms with Gasteiger partial charge >= 0.3 is 5.97 Å². The number of hydrogen-bond acceptors (Lipinski definition) is 5. The van der Waals surface area contributed by atoms with E-state index in [0.29, 0.717) is 12.3 Å². The average Bonchev–Trinajstić information content (AvgIpc) is 3.08. The number of unbranched alkanes of at least 4 members (excludes halogenated alkanes) is 5. The third-order valence-electron chi connectivity index (χ3n) is 6.31. The molecule has 1 aliphatic carbocycles. The second-order valence-electron chi connectivity index (χ2n) is 10.6. The summed E-state index contributed by atoms with van der Waals surface area (Å²) in [4.78, 5) is 25.3. The molecule has 0 spiro atoms. The molecule has 2 atom stereocenters. The van der Waals surface area contributed by atoms with Gasteiger partial charge in [0.1, 0.15) is 0 Å². The van der Waals surface area contributed by atoms with E-state index < -0.39 is 9.04 Å². The SMILES string of the molecule is CCCCCC(/C=C(\O[SiH](C)C)C1C=C(SC)C(=O)/C1=C\CCCCCC(=O)OC)C(C)(C)C. The Hall–Kier alpha value is -1.27. The van der Waals surface area contributed by atoms with Crippen LogP contribution in [0.1, 0.15) is 85.5 Å². The first-order valence-electron chi connectivity index (χ1n) is 13.0. The molecule has 0 saturated carbocycles. The van der Waals surface area contributed by atoms with E-state index in [2.05, 4.69) is 59.0 Å². The normalized spacial score (nSPS) is 19.0. The first kappa shape index (κ1) is 30.8. The van der Waals surface area contributed by atoms with Crippen LogP contribution in [0.5, 0.6) is 0 Å². The molecular formula is C28H48O4SSi. The van der Waals surface area contributed by atoms with Crippen LogP contribution in [0.15, 0.2) is 34.5 Å². The Bertz CT molecular complexity index is 746. The second kappa shape index (κ2) is 15.7. The molecule has 194 valence electrons. The highest BCUT2D eigenvalue weighted by molar-refractivity contribution is 8.03. The van der Waals surface area contributed by atoms with Gasteiger partial charge < -0.3 is 9.16 Å². The third-order valence-corrected chi connectivity index (χ3v) is 7.82. The number of allylic oxidation sites excluding steroid dienone is 4. The average molecular weight is 509 g/mol. The number of carbonyl (C=O) groups is 2. The van der Waals surface area contributed by atoms with Crippen LogP contribution in [0.2, 0.25) is 13.1 Å². The molecule has 0 radical (unpaired) electrons. The molecule has 0 aromatic carbocycles. The van der Waals surface area contributed by atoms with Crippen molar-refractivity contribution >= 4 is 32.6 Å². The van der Waals surface area contributed by atoms with Gasteiger partial charge in [0, 0.05) is 12.0 Å². The standard InChI is InChI=1S/C28H48O4SSi/c1-9-10-13-16-21(28(2,3)4)19-24(32-34(7)8)23-20-25(33-6)27(30)22(23)17-14-11-12-15-18-26(29)31-5/h17,19-21,23,34H,9-16,18H2,1-8H3/b22-17-,24-19-. The van der Waals surface area contributed by atoms with Crippen LogP contribution in [-0.2, 0) is 18.8 Å². The number of ether oxygens (including phenoxy) is 1. The lowest BCUT2D eigenvalue weighted by atomic mass is 9.76. The summed E-state index contributed by atoms with van der Waals surface area (Å²) in [6.07, 6.45) is 17.4. The zero-order chi connectivity index (χ0) is 25.7. The minimum absolute atomic E-state index is 0.0871. The predicted molar refractivity (Wildman–Crippen MR) is 148 cm³/mol. The molecule has 4 nitrogen and oxygen atoms in total. The molecule has 0 bridgehead atoms. The molecule has 1 aliphatic rings. The Morgan fingerprint density at radius 2 is 1.88 bits per heavy atom. The Kier molecular flexibility index (Phi) is 14.2. The van der Waals surface area contributed by atoms with Crippen molar-refractivity contribution < 1.29 is 18.8 Å². The molecule has 0 aliphatic heterocycles. The van der Waals surface area contributed by atoms with Gasteiger partial charge in [0.25, 0.3) is 0 Å². The fraction of sp³-hybridized carbons (Fsp3) is 0.714. The van der Waals surface area contributed by atoms with E-state index in [0.717, 1.165) is 48.3 Å². The minimum atomic E-state index is -1.35. The maximum atomic E-state index is 13.2. The van der Waals surface area contributed by atoms with Crippen molar-refractivity contribution in [2.75, 3.05) is 13.4 Å². The highest BCUT2D eigenvalue weighted by atomic mass is 32.2. The number of ketones is 1. The molecule has 34 heavy (non-hydrogen) atoms. The van der Waals surface area contributed by atoms with Gasteiger partial charge in [0.05, 0.1) is 23.7 Å². The van der Waals surface area contributed by atoms with Crippen LogP contribution >= 0.6 is 11.8 Å². The maximum Gasteiger partial charge on any atom is 0.305 e. The van der Waals surface area contributed by atoms with Crippen LogP contribution < -0.4 is 0 Å². The van der Waals surface area contributed by atoms with Crippen molar-refractivity contribution in [2.45, 2.75) is 98.6 Å². The lowest BCUT2D eigenvalue weighted by Crippen LogP contribution is -2.22. The Morgan fingerprint density at radius 1 is 1.18 bits per heavy atom. The molecule has 2 unspecified atom stereocenters. The van der Waals surface area contributed by atoms with Crippen molar-refractivity contribution in [1.82, 2.24) is 0 Å². The van der Waals surface area contributed by atoms with E-state index >= 15 is 0 Å². The summed E-state index contributed by atoms with van der Waals surface area (Å²) in [5, 5.41) is 0. The van der Waals surface area contributed by atoms with Crippen LogP contribution in [0.4, 0.5) is 0 Å². The zero-order valence-electron chi connectivity index (χ0n) is 22.9. The largest absolute Gasteiger partial charge is 0.549 e.